The average molecular weight is 266 g/mol. The van der Waals surface area contributed by atoms with Gasteiger partial charge in [0, 0.05) is 17.8 Å². The van der Waals surface area contributed by atoms with Crippen LogP contribution >= 0.6 is 0 Å². The maximum Gasteiger partial charge on any atom is 0.242 e. The number of ether oxygens (including phenoxy) is 2. The Morgan fingerprint density at radius 1 is 1.11 bits per heavy atom. The van der Waals surface area contributed by atoms with Crippen LogP contribution in [-0.2, 0) is 4.79 Å². The summed E-state index contributed by atoms with van der Waals surface area (Å²) in [4.78, 5) is 11.8. The van der Waals surface area contributed by atoms with Crippen molar-refractivity contribution in [1.82, 2.24) is 5.32 Å². The van der Waals surface area contributed by atoms with E-state index in [1.807, 2.05) is 26.8 Å². The molecule has 106 valence electrons. The molecule has 2 N–H and O–H groups in total. The molecule has 0 saturated heterocycles. The van der Waals surface area contributed by atoms with Crippen molar-refractivity contribution in [1.29, 1.82) is 0 Å². The fourth-order valence-corrected chi connectivity index (χ4v) is 1.65. The van der Waals surface area contributed by atoms with E-state index in [9.17, 15) is 4.79 Å². The molecule has 0 spiro atoms. The van der Waals surface area contributed by atoms with Crippen molar-refractivity contribution >= 4 is 11.6 Å². The van der Waals surface area contributed by atoms with Crippen LogP contribution in [0.25, 0.3) is 0 Å². The van der Waals surface area contributed by atoms with Gasteiger partial charge in [0.05, 0.1) is 14.2 Å². The van der Waals surface area contributed by atoms with Gasteiger partial charge in [0.1, 0.15) is 6.04 Å². The zero-order valence-electron chi connectivity index (χ0n) is 12.1. The smallest absolute Gasteiger partial charge is 0.242 e. The lowest BCUT2D eigenvalue weighted by atomic mass is 10.2. The Bertz CT molecular complexity index is 433. The molecule has 0 aliphatic rings. The highest BCUT2D eigenvalue weighted by molar-refractivity contribution is 5.84. The number of carbonyl (C=O) groups excluding carboxylic acids is 1. The van der Waals surface area contributed by atoms with Crippen LogP contribution in [0, 0.1) is 0 Å². The van der Waals surface area contributed by atoms with Gasteiger partial charge in [-0.15, -0.1) is 0 Å². The summed E-state index contributed by atoms with van der Waals surface area (Å²) in [5.41, 5.74) is 0.809. The van der Waals surface area contributed by atoms with Gasteiger partial charge in [-0.1, -0.05) is 0 Å². The molecular weight excluding hydrogens is 244 g/mol. The zero-order valence-corrected chi connectivity index (χ0v) is 12.1. The van der Waals surface area contributed by atoms with E-state index in [1.165, 1.54) is 0 Å². The number of nitrogens with one attached hydrogen (secondary N) is 2. The number of hydrogen-bond acceptors (Lipinski definition) is 4. The van der Waals surface area contributed by atoms with Gasteiger partial charge in [-0.2, -0.15) is 0 Å². The largest absolute Gasteiger partial charge is 0.493 e. The molecular formula is C14H22N2O3. The first-order valence-electron chi connectivity index (χ1n) is 6.26. The van der Waals surface area contributed by atoms with Crippen LogP contribution in [0.5, 0.6) is 11.5 Å². The zero-order chi connectivity index (χ0) is 14.4. The van der Waals surface area contributed by atoms with Crippen molar-refractivity contribution in [3.8, 4) is 11.5 Å². The summed E-state index contributed by atoms with van der Waals surface area (Å²) in [6, 6.07) is 5.26. The second-order valence-electron chi connectivity index (χ2n) is 4.60. The van der Waals surface area contributed by atoms with Gasteiger partial charge >= 0.3 is 0 Å². The molecule has 1 aromatic rings. The number of anilines is 1. The lowest BCUT2D eigenvalue weighted by Gasteiger charge is -2.18. The van der Waals surface area contributed by atoms with Crippen LogP contribution < -0.4 is 20.1 Å². The van der Waals surface area contributed by atoms with E-state index in [2.05, 4.69) is 10.6 Å². The number of methoxy groups -OCH3 is 2. The lowest BCUT2D eigenvalue weighted by Crippen LogP contribution is -2.40. The summed E-state index contributed by atoms with van der Waals surface area (Å²) in [6.07, 6.45) is 0. The molecule has 1 atom stereocenters. The van der Waals surface area contributed by atoms with Crippen LogP contribution in [0.3, 0.4) is 0 Å². The third-order valence-corrected chi connectivity index (χ3v) is 2.59. The SMILES string of the molecule is COc1ccc(NC(C)C(=O)NC(C)C)cc1OC. The second-order valence-corrected chi connectivity index (χ2v) is 4.60. The van der Waals surface area contributed by atoms with Gasteiger partial charge in [-0.3, -0.25) is 4.79 Å². The van der Waals surface area contributed by atoms with Crippen LogP contribution in [-0.4, -0.2) is 32.2 Å². The van der Waals surface area contributed by atoms with Gasteiger partial charge in [-0.25, -0.2) is 0 Å². The predicted molar refractivity (Wildman–Crippen MR) is 75.9 cm³/mol. The molecule has 0 radical (unpaired) electrons. The van der Waals surface area contributed by atoms with E-state index in [4.69, 9.17) is 9.47 Å². The maximum atomic E-state index is 11.8. The molecule has 0 bridgehead atoms. The van der Waals surface area contributed by atoms with E-state index in [-0.39, 0.29) is 18.0 Å². The topological polar surface area (TPSA) is 59.6 Å². The first kappa shape index (κ1) is 15.1. The molecule has 1 rings (SSSR count). The normalized spacial score (nSPS) is 11.9. The number of amides is 1. The van der Waals surface area contributed by atoms with Crippen molar-refractivity contribution in [2.45, 2.75) is 32.9 Å². The van der Waals surface area contributed by atoms with Crippen molar-refractivity contribution in [2.24, 2.45) is 0 Å². The highest BCUT2D eigenvalue weighted by Gasteiger charge is 2.14. The predicted octanol–water partition coefficient (Wildman–Crippen LogP) is 2.03. The summed E-state index contributed by atoms with van der Waals surface area (Å²) < 4.78 is 10.4. The van der Waals surface area contributed by atoms with E-state index in [0.29, 0.717) is 11.5 Å². The number of benzene rings is 1. The molecule has 0 aromatic heterocycles. The first-order chi connectivity index (χ1) is 8.97. The molecule has 0 aliphatic carbocycles. The van der Waals surface area contributed by atoms with Crippen LogP contribution in [0.4, 0.5) is 5.69 Å². The van der Waals surface area contributed by atoms with Gasteiger partial charge < -0.3 is 20.1 Å². The number of rotatable bonds is 6. The van der Waals surface area contributed by atoms with Gasteiger partial charge in [0.2, 0.25) is 5.91 Å². The molecule has 0 fully saturated rings. The summed E-state index contributed by atoms with van der Waals surface area (Å²) in [5.74, 6) is 1.25. The van der Waals surface area contributed by atoms with Gasteiger partial charge in [0.25, 0.3) is 0 Å². The highest BCUT2D eigenvalue weighted by atomic mass is 16.5. The summed E-state index contributed by atoms with van der Waals surface area (Å²) >= 11 is 0. The molecule has 0 aliphatic heterocycles. The minimum absolute atomic E-state index is 0.0372. The molecule has 5 nitrogen and oxygen atoms in total. The Balaban J connectivity index is 2.74. The Labute approximate surface area is 114 Å². The summed E-state index contributed by atoms with van der Waals surface area (Å²) in [7, 11) is 3.17. The monoisotopic (exact) mass is 266 g/mol. The molecule has 19 heavy (non-hydrogen) atoms. The lowest BCUT2D eigenvalue weighted by molar-refractivity contribution is -0.122. The standard InChI is InChI=1S/C14H22N2O3/c1-9(2)15-14(17)10(3)16-11-6-7-12(18-4)13(8-11)19-5/h6-10,16H,1-5H3,(H,15,17). The molecule has 5 heteroatoms. The minimum atomic E-state index is -0.319. The fraction of sp³-hybridized carbons (Fsp3) is 0.500. The summed E-state index contributed by atoms with van der Waals surface area (Å²) in [5, 5.41) is 5.98. The molecule has 1 unspecified atom stereocenters. The Hall–Kier alpha value is -1.91. The number of carbonyl (C=O) groups is 1. The quantitative estimate of drug-likeness (QED) is 0.827. The average Bonchev–Trinajstić information content (AvgIpc) is 2.37. The van der Waals surface area contributed by atoms with E-state index in [0.717, 1.165) is 5.69 Å². The number of hydrogen-bond donors (Lipinski definition) is 2. The van der Waals surface area contributed by atoms with Crippen LogP contribution in [0.15, 0.2) is 18.2 Å². The fourth-order valence-electron chi connectivity index (χ4n) is 1.65. The molecule has 0 heterocycles. The van der Waals surface area contributed by atoms with Gasteiger partial charge in [0.15, 0.2) is 11.5 Å². The molecule has 0 saturated carbocycles. The highest BCUT2D eigenvalue weighted by Crippen LogP contribution is 2.29. The Morgan fingerprint density at radius 2 is 1.74 bits per heavy atom. The third kappa shape index (κ3) is 4.35. The second kappa shape index (κ2) is 6.87. The van der Waals surface area contributed by atoms with E-state index >= 15 is 0 Å². The van der Waals surface area contributed by atoms with E-state index < -0.39 is 0 Å². The molecule has 1 aromatic carbocycles. The molecule has 1 amide bonds. The Morgan fingerprint density at radius 3 is 2.26 bits per heavy atom. The van der Waals surface area contributed by atoms with Crippen molar-refractivity contribution in [3.05, 3.63) is 18.2 Å². The summed E-state index contributed by atoms with van der Waals surface area (Å²) in [6.45, 7) is 5.68. The van der Waals surface area contributed by atoms with Crippen molar-refractivity contribution in [2.75, 3.05) is 19.5 Å². The maximum absolute atomic E-state index is 11.8. The Kier molecular flexibility index (Phi) is 5.48. The van der Waals surface area contributed by atoms with Crippen molar-refractivity contribution < 1.29 is 14.3 Å². The third-order valence-electron chi connectivity index (χ3n) is 2.59. The van der Waals surface area contributed by atoms with Crippen LogP contribution in [0.1, 0.15) is 20.8 Å². The van der Waals surface area contributed by atoms with Gasteiger partial charge in [-0.05, 0) is 32.9 Å². The van der Waals surface area contributed by atoms with Crippen LogP contribution in [0.2, 0.25) is 0 Å². The minimum Gasteiger partial charge on any atom is -0.493 e. The van der Waals surface area contributed by atoms with Crippen molar-refractivity contribution in [3.63, 3.8) is 0 Å². The van der Waals surface area contributed by atoms with E-state index in [1.54, 1.807) is 26.4 Å². The first-order valence-corrected chi connectivity index (χ1v) is 6.26.